The van der Waals surface area contributed by atoms with E-state index < -0.39 is 5.66 Å². The number of benzene rings is 1. The molecule has 2 aromatic rings. The van der Waals surface area contributed by atoms with E-state index in [0.717, 1.165) is 48.8 Å². The molecule has 148 valence electrons. The van der Waals surface area contributed by atoms with E-state index in [-0.39, 0.29) is 11.5 Å². The van der Waals surface area contributed by atoms with E-state index in [1.54, 1.807) is 16.8 Å². The van der Waals surface area contributed by atoms with Crippen LogP contribution in [0.15, 0.2) is 46.3 Å². The number of fused-ring (bicyclic) bond motifs is 3. The van der Waals surface area contributed by atoms with Crippen LogP contribution in [0.5, 0.6) is 0 Å². The lowest BCUT2D eigenvalue weighted by molar-refractivity contribution is 0.0920. The number of anilines is 1. The summed E-state index contributed by atoms with van der Waals surface area (Å²) in [4.78, 5) is 30.6. The van der Waals surface area contributed by atoms with Crippen LogP contribution in [0.25, 0.3) is 0 Å². The highest BCUT2D eigenvalue weighted by Crippen LogP contribution is 2.38. The molecule has 5 rings (SSSR count). The van der Waals surface area contributed by atoms with Gasteiger partial charge in [-0.15, -0.1) is 0 Å². The monoisotopic (exact) mass is 408 g/mol. The Bertz CT molecular complexity index is 1160. The van der Waals surface area contributed by atoms with Gasteiger partial charge >= 0.3 is 0 Å². The number of nitrogens with one attached hydrogen (secondary N) is 2. The first-order valence-electron chi connectivity index (χ1n) is 9.87. The van der Waals surface area contributed by atoms with Crippen LogP contribution < -0.4 is 16.2 Å². The van der Waals surface area contributed by atoms with Crippen LogP contribution in [0.1, 0.15) is 52.9 Å². The normalized spacial score (nSPS) is 18.8. The van der Waals surface area contributed by atoms with E-state index in [1.807, 2.05) is 31.2 Å². The Morgan fingerprint density at radius 3 is 2.79 bits per heavy atom. The lowest BCUT2D eigenvalue weighted by Gasteiger charge is -2.27. The van der Waals surface area contributed by atoms with Crippen molar-refractivity contribution in [1.29, 1.82) is 0 Å². The fraction of sp³-hybridized carbons (Fsp3) is 0.318. The van der Waals surface area contributed by atoms with Gasteiger partial charge in [-0.3, -0.25) is 14.2 Å². The summed E-state index contributed by atoms with van der Waals surface area (Å²) < 4.78 is 1.67. The van der Waals surface area contributed by atoms with E-state index >= 15 is 0 Å². The van der Waals surface area contributed by atoms with Crippen LogP contribution in [0.3, 0.4) is 0 Å². The van der Waals surface area contributed by atoms with Gasteiger partial charge in [0, 0.05) is 16.8 Å². The minimum Gasteiger partial charge on any atom is -0.335 e. The predicted molar refractivity (Wildman–Crippen MR) is 114 cm³/mol. The van der Waals surface area contributed by atoms with Gasteiger partial charge in [-0.1, -0.05) is 23.7 Å². The molecule has 0 radical (unpaired) electrons. The second kappa shape index (κ2) is 6.59. The SMILES string of the molecule is Cc1cc(NC2=NC=CCc3ccc(Cl)cc32)c(=O)n2c1C(=O)NC21CCCC1. The van der Waals surface area contributed by atoms with Gasteiger partial charge in [-0.25, -0.2) is 4.99 Å². The minimum atomic E-state index is -0.599. The van der Waals surface area contributed by atoms with Crippen molar-refractivity contribution in [2.45, 2.75) is 44.7 Å². The van der Waals surface area contributed by atoms with Gasteiger partial charge in [-0.2, -0.15) is 0 Å². The van der Waals surface area contributed by atoms with E-state index in [9.17, 15) is 9.59 Å². The van der Waals surface area contributed by atoms with E-state index in [4.69, 9.17) is 11.6 Å². The Morgan fingerprint density at radius 1 is 1.21 bits per heavy atom. The molecule has 1 amide bonds. The van der Waals surface area contributed by atoms with Crippen molar-refractivity contribution in [2.75, 3.05) is 5.32 Å². The standard InChI is InChI=1S/C22H21ClN4O2/c1-13-11-17(21(29)27-18(13)20(28)26-22(27)8-2-3-9-22)25-19-16-12-15(23)7-6-14(16)5-4-10-24-19/h4,6-7,10-12H,2-3,5,8-9H2,1H3,(H,24,25)(H,26,28). The number of aliphatic imine (C=N–C) groups is 1. The topological polar surface area (TPSA) is 75.5 Å². The Hall–Kier alpha value is -2.86. The van der Waals surface area contributed by atoms with Gasteiger partial charge in [0.1, 0.15) is 22.9 Å². The number of rotatable bonds is 1. The second-order valence-corrected chi connectivity index (χ2v) is 8.35. The molecule has 0 bridgehead atoms. The molecule has 0 atom stereocenters. The fourth-order valence-electron chi connectivity index (χ4n) is 4.71. The number of amidine groups is 1. The van der Waals surface area contributed by atoms with Crippen LogP contribution in [0.2, 0.25) is 5.02 Å². The molecule has 1 aliphatic carbocycles. The Labute approximate surface area is 173 Å². The zero-order valence-electron chi connectivity index (χ0n) is 16.1. The number of hydrogen-bond acceptors (Lipinski definition) is 4. The second-order valence-electron chi connectivity index (χ2n) is 7.92. The molecule has 3 heterocycles. The highest BCUT2D eigenvalue weighted by molar-refractivity contribution is 6.31. The number of hydrogen-bond donors (Lipinski definition) is 2. The average Bonchev–Trinajstić information content (AvgIpc) is 3.21. The fourth-order valence-corrected chi connectivity index (χ4v) is 4.88. The third-order valence-corrected chi connectivity index (χ3v) is 6.27. The average molecular weight is 409 g/mol. The van der Waals surface area contributed by atoms with Crippen molar-refractivity contribution in [2.24, 2.45) is 4.99 Å². The summed E-state index contributed by atoms with van der Waals surface area (Å²) in [5, 5.41) is 6.92. The van der Waals surface area contributed by atoms with Crippen molar-refractivity contribution >= 4 is 29.0 Å². The number of aromatic nitrogens is 1. The summed E-state index contributed by atoms with van der Waals surface area (Å²) >= 11 is 6.21. The zero-order chi connectivity index (χ0) is 20.2. The number of allylic oxidation sites excluding steroid dienone is 1. The quantitative estimate of drug-likeness (QED) is 0.755. The maximum atomic E-state index is 13.5. The molecule has 2 aliphatic heterocycles. The van der Waals surface area contributed by atoms with Gasteiger partial charge in [0.05, 0.1) is 0 Å². The van der Waals surface area contributed by atoms with Gasteiger partial charge in [-0.05, 0) is 68.4 Å². The number of nitrogens with zero attached hydrogens (tertiary/aromatic N) is 2. The van der Waals surface area contributed by atoms with E-state index in [2.05, 4.69) is 15.6 Å². The molecule has 0 saturated heterocycles. The van der Waals surface area contributed by atoms with Crippen molar-refractivity contribution in [3.05, 3.63) is 74.3 Å². The summed E-state index contributed by atoms with van der Waals surface area (Å²) in [6.45, 7) is 1.86. The highest BCUT2D eigenvalue weighted by atomic mass is 35.5. The Morgan fingerprint density at radius 2 is 2.00 bits per heavy atom. The highest BCUT2D eigenvalue weighted by Gasteiger charge is 2.46. The molecular weight excluding hydrogens is 388 g/mol. The summed E-state index contributed by atoms with van der Waals surface area (Å²) in [6.07, 6.45) is 7.98. The summed E-state index contributed by atoms with van der Waals surface area (Å²) in [6, 6.07) is 7.42. The summed E-state index contributed by atoms with van der Waals surface area (Å²) in [5.74, 6) is 0.408. The maximum absolute atomic E-state index is 13.5. The van der Waals surface area contributed by atoms with Crippen LogP contribution >= 0.6 is 11.6 Å². The number of amides is 1. The maximum Gasteiger partial charge on any atom is 0.276 e. The minimum absolute atomic E-state index is 0.167. The van der Waals surface area contributed by atoms with Crippen LogP contribution in [0.4, 0.5) is 5.69 Å². The molecule has 3 aliphatic rings. The van der Waals surface area contributed by atoms with Gasteiger partial charge in [0.2, 0.25) is 0 Å². The molecule has 1 aromatic heterocycles. The van der Waals surface area contributed by atoms with Crippen LogP contribution in [-0.2, 0) is 12.1 Å². The summed E-state index contributed by atoms with van der Waals surface area (Å²) in [5.41, 5.74) is 2.79. The molecule has 6 nitrogen and oxygen atoms in total. The van der Waals surface area contributed by atoms with Crippen molar-refractivity contribution in [3.8, 4) is 0 Å². The number of halogens is 1. The van der Waals surface area contributed by atoms with Crippen LogP contribution in [-0.4, -0.2) is 16.3 Å². The van der Waals surface area contributed by atoms with E-state index in [1.165, 1.54) is 0 Å². The van der Waals surface area contributed by atoms with Crippen molar-refractivity contribution in [1.82, 2.24) is 9.88 Å². The van der Waals surface area contributed by atoms with Gasteiger partial charge < -0.3 is 10.6 Å². The molecular formula is C22H21ClN4O2. The molecule has 0 unspecified atom stereocenters. The number of carbonyl (C=O) groups excluding carboxylic acids is 1. The molecule has 2 N–H and O–H groups in total. The van der Waals surface area contributed by atoms with Gasteiger partial charge in [0.25, 0.3) is 11.5 Å². The zero-order valence-corrected chi connectivity index (χ0v) is 16.8. The molecule has 1 saturated carbocycles. The van der Waals surface area contributed by atoms with Crippen molar-refractivity contribution in [3.63, 3.8) is 0 Å². The molecule has 1 aromatic carbocycles. The van der Waals surface area contributed by atoms with Gasteiger partial charge in [0.15, 0.2) is 0 Å². The molecule has 1 spiro atoms. The lowest BCUT2D eigenvalue weighted by Crippen LogP contribution is -2.45. The van der Waals surface area contributed by atoms with Crippen molar-refractivity contribution < 1.29 is 4.79 Å². The lowest BCUT2D eigenvalue weighted by atomic mass is 10.0. The number of aryl methyl sites for hydroxylation is 1. The Kier molecular flexibility index (Phi) is 4.13. The Balaban J connectivity index is 1.63. The van der Waals surface area contributed by atoms with Crippen LogP contribution in [0, 0.1) is 6.92 Å². The third-order valence-electron chi connectivity index (χ3n) is 6.04. The smallest absolute Gasteiger partial charge is 0.276 e. The first-order chi connectivity index (χ1) is 14.0. The predicted octanol–water partition coefficient (Wildman–Crippen LogP) is 3.71. The molecule has 7 heteroatoms. The molecule has 29 heavy (non-hydrogen) atoms. The first kappa shape index (κ1) is 18.2. The molecule has 1 fully saturated rings. The number of pyridine rings is 1. The van der Waals surface area contributed by atoms with E-state index in [0.29, 0.717) is 22.2 Å². The first-order valence-corrected chi connectivity index (χ1v) is 10.2. The number of carbonyl (C=O) groups is 1. The largest absolute Gasteiger partial charge is 0.335 e. The third kappa shape index (κ3) is 2.82. The summed E-state index contributed by atoms with van der Waals surface area (Å²) in [7, 11) is 0.